The molecule has 5 heteroatoms. The van der Waals surface area contributed by atoms with Gasteiger partial charge in [0.1, 0.15) is 11.6 Å². The normalized spacial score (nSPS) is 20.6. The van der Waals surface area contributed by atoms with Crippen molar-refractivity contribution in [1.29, 1.82) is 0 Å². The highest BCUT2D eigenvalue weighted by molar-refractivity contribution is 8.00. The molecule has 1 aliphatic rings. The fraction of sp³-hybridized carbons (Fsp3) is 0.727. The second kappa shape index (κ2) is 5.77. The summed E-state index contributed by atoms with van der Waals surface area (Å²) in [6, 6.07) is 0. The SMILES string of the molecule is CCc1nsc(SCCC2CCCC2=O)n1. The lowest BCUT2D eigenvalue weighted by Crippen LogP contribution is -2.06. The molecule has 0 aromatic carbocycles. The topological polar surface area (TPSA) is 42.9 Å². The molecule has 1 aromatic rings. The van der Waals surface area contributed by atoms with Gasteiger partial charge in [-0.3, -0.25) is 4.79 Å². The van der Waals surface area contributed by atoms with Gasteiger partial charge in [-0.2, -0.15) is 4.37 Å². The zero-order valence-electron chi connectivity index (χ0n) is 9.44. The van der Waals surface area contributed by atoms with Crippen molar-refractivity contribution in [2.45, 2.75) is 43.4 Å². The van der Waals surface area contributed by atoms with E-state index in [-0.39, 0.29) is 0 Å². The number of aromatic nitrogens is 2. The van der Waals surface area contributed by atoms with Crippen molar-refractivity contribution in [3.63, 3.8) is 0 Å². The summed E-state index contributed by atoms with van der Waals surface area (Å²) >= 11 is 3.21. The molecule has 1 heterocycles. The first-order valence-electron chi connectivity index (χ1n) is 5.77. The third-order valence-electron chi connectivity index (χ3n) is 2.89. The van der Waals surface area contributed by atoms with Gasteiger partial charge in [-0.15, -0.1) is 0 Å². The van der Waals surface area contributed by atoms with Gasteiger partial charge in [-0.1, -0.05) is 18.7 Å². The van der Waals surface area contributed by atoms with Crippen molar-refractivity contribution in [2.24, 2.45) is 5.92 Å². The molecule has 0 radical (unpaired) electrons. The van der Waals surface area contributed by atoms with Crippen LogP contribution >= 0.6 is 23.3 Å². The van der Waals surface area contributed by atoms with Crippen LogP contribution < -0.4 is 0 Å². The monoisotopic (exact) mass is 256 g/mol. The Morgan fingerprint density at radius 1 is 1.56 bits per heavy atom. The Morgan fingerprint density at radius 2 is 2.44 bits per heavy atom. The van der Waals surface area contributed by atoms with Crippen LogP contribution in [0.15, 0.2) is 4.34 Å². The number of ketones is 1. The molecule has 0 N–H and O–H groups in total. The summed E-state index contributed by atoms with van der Waals surface area (Å²) < 4.78 is 5.29. The van der Waals surface area contributed by atoms with Crippen LogP contribution in [0.3, 0.4) is 0 Å². The van der Waals surface area contributed by atoms with Crippen molar-refractivity contribution in [2.75, 3.05) is 5.75 Å². The Hall–Kier alpha value is -0.420. The third kappa shape index (κ3) is 3.04. The minimum atomic E-state index is 0.325. The Labute approximate surface area is 104 Å². The Morgan fingerprint density at radius 3 is 3.06 bits per heavy atom. The molecule has 1 aliphatic carbocycles. The highest BCUT2D eigenvalue weighted by Crippen LogP contribution is 2.28. The van der Waals surface area contributed by atoms with E-state index in [1.54, 1.807) is 11.8 Å². The zero-order valence-corrected chi connectivity index (χ0v) is 11.1. The molecule has 3 nitrogen and oxygen atoms in total. The van der Waals surface area contributed by atoms with Crippen molar-refractivity contribution >= 4 is 29.1 Å². The van der Waals surface area contributed by atoms with Crippen molar-refractivity contribution in [1.82, 2.24) is 9.36 Å². The number of thioether (sulfide) groups is 1. The van der Waals surface area contributed by atoms with Crippen molar-refractivity contribution in [3.8, 4) is 0 Å². The first-order chi connectivity index (χ1) is 7.79. The number of aryl methyl sites for hydroxylation is 1. The lowest BCUT2D eigenvalue weighted by molar-refractivity contribution is -0.120. The van der Waals surface area contributed by atoms with E-state index in [0.29, 0.717) is 11.7 Å². The molecule has 0 aliphatic heterocycles. The maximum atomic E-state index is 11.4. The molecule has 2 rings (SSSR count). The van der Waals surface area contributed by atoms with E-state index in [1.807, 2.05) is 0 Å². The van der Waals surface area contributed by atoms with Gasteiger partial charge in [0, 0.05) is 24.5 Å². The van der Waals surface area contributed by atoms with Crippen molar-refractivity contribution in [3.05, 3.63) is 5.82 Å². The summed E-state index contributed by atoms with van der Waals surface area (Å²) in [5.41, 5.74) is 0. The molecule has 0 amide bonds. The number of carbonyl (C=O) groups is 1. The number of Topliss-reactive ketones (excluding diaryl/α,β-unsaturated/α-hetero) is 1. The summed E-state index contributed by atoms with van der Waals surface area (Å²) in [6.45, 7) is 2.06. The molecule has 16 heavy (non-hydrogen) atoms. The number of hydrogen-bond donors (Lipinski definition) is 0. The minimum Gasteiger partial charge on any atom is -0.299 e. The standard InChI is InChI=1S/C11H16N2OS2/c1-2-10-12-11(16-13-10)15-7-6-8-4-3-5-9(8)14/h8H,2-7H2,1H3. The smallest absolute Gasteiger partial charge is 0.170 e. The van der Waals surface area contributed by atoms with Gasteiger partial charge in [0.2, 0.25) is 0 Å². The van der Waals surface area contributed by atoms with E-state index in [2.05, 4.69) is 16.3 Å². The van der Waals surface area contributed by atoms with Crippen LogP contribution in [0, 0.1) is 5.92 Å². The molecule has 1 aromatic heterocycles. The van der Waals surface area contributed by atoms with Crippen LogP contribution in [0.1, 0.15) is 38.4 Å². The molecular weight excluding hydrogens is 240 g/mol. The quantitative estimate of drug-likeness (QED) is 0.760. The van der Waals surface area contributed by atoms with Crippen LogP contribution in [0.5, 0.6) is 0 Å². The number of carbonyl (C=O) groups excluding carboxylic acids is 1. The van der Waals surface area contributed by atoms with Crippen LogP contribution in [0.4, 0.5) is 0 Å². The van der Waals surface area contributed by atoms with E-state index in [0.717, 1.165) is 48.0 Å². The first-order valence-corrected chi connectivity index (χ1v) is 7.53. The van der Waals surface area contributed by atoms with E-state index in [1.165, 1.54) is 11.5 Å². The molecule has 1 saturated carbocycles. The van der Waals surface area contributed by atoms with Crippen LogP contribution in [-0.2, 0) is 11.2 Å². The molecular formula is C11H16N2OS2. The summed E-state index contributed by atoms with van der Waals surface area (Å²) in [5.74, 6) is 2.72. The minimum absolute atomic E-state index is 0.325. The average molecular weight is 256 g/mol. The summed E-state index contributed by atoms with van der Waals surface area (Å²) in [5, 5.41) is 0. The van der Waals surface area contributed by atoms with Gasteiger partial charge in [0.25, 0.3) is 0 Å². The fourth-order valence-electron chi connectivity index (χ4n) is 1.92. The van der Waals surface area contributed by atoms with Gasteiger partial charge in [0.15, 0.2) is 4.34 Å². The summed E-state index contributed by atoms with van der Waals surface area (Å²) in [7, 11) is 0. The van der Waals surface area contributed by atoms with Crippen molar-refractivity contribution < 1.29 is 4.79 Å². The summed E-state index contributed by atoms with van der Waals surface area (Å²) in [6.07, 6.45) is 4.89. The average Bonchev–Trinajstić information content (AvgIpc) is 2.89. The molecule has 1 fully saturated rings. The van der Waals surface area contributed by atoms with E-state index in [9.17, 15) is 4.79 Å². The second-order valence-corrected chi connectivity index (χ2v) is 6.12. The van der Waals surface area contributed by atoms with E-state index >= 15 is 0 Å². The molecule has 88 valence electrons. The lowest BCUT2D eigenvalue weighted by Gasteiger charge is -2.05. The number of nitrogens with zero attached hydrogens (tertiary/aromatic N) is 2. The Kier molecular flexibility index (Phi) is 4.35. The zero-order chi connectivity index (χ0) is 11.4. The van der Waals surface area contributed by atoms with Gasteiger partial charge in [0.05, 0.1) is 0 Å². The number of rotatable bonds is 5. The number of hydrogen-bond acceptors (Lipinski definition) is 5. The molecule has 0 saturated heterocycles. The van der Waals surface area contributed by atoms with Crippen LogP contribution in [-0.4, -0.2) is 20.9 Å². The van der Waals surface area contributed by atoms with Crippen LogP contribution in [0.2, 0.25) is 0 Å². The predicted octanol–water partition coefficient (Wildman–Crippen LogP) is 2.95. The highest BCUT2D eigenvalue weighted by Gasteiger charge is 2.23. The highest BCUT2D eigenvalue weighted by atomic mass is 32.2. The molecule has 1 atom stereocenters. The van der Waals surface area contributed by atoms with Gasteiger partial charge in [-0.05, 0) is 30.8 Å². The fourth-order valence-corrected chi connectivity index (χ4v) is 3.74. The second-order valence-electron chi connectivity index (χ2n) is 4.02. The molecule has 0 spiro atoms. The maximum Gasteiger partial charge on any atom is 0.170 e. The Balaban J connectivity index is 1.73. The Bertz CT molecular complexity index is 365. The maximum absolute atomic E-state index is 11.4. The van der Waals surface area contributed by atoms with E-state index in [4.69, 9.17) is 0 Å². The van der Waals surface area contributed by atoms with Gasteiger partial charge >= 0.3 is 0 Å². The predicted molar refractivity (Wildman–Crippen MR) is 67.0 cm³/mol. The molecule has 1 unspecified atom stereocenters. The van der Waals surface area contributed by atoms with Crippen LogP contribution in [0.25, 0.3) is 0 Å². The van der Waals surface area contributed by atoms with E-state index < -0.39 is 0 Å². The first kappa shape index (κ1) is 12.0. The largest absolute Gasteiger partial charge is 0.299 e. The van der Waals surface area contributed by atoms with Gasteiger partial charge in [-0.25, -0.2) is 4.98 Å². The third-order valence-corrected chi connectivity index (χ3v) is 4.79. The summed E-state index contributed by atoms with van der Waals surface area (Å²) in [4.78, 5) is 15.8. The molecule has 0 bridgehead atoms. The van der Waals surface area contributed by atoms with Gasteiger partial charge < -0.3 is 0 Å². The lowest BCUT2D eigenvalue weighted by atomic mass is 10.1.